The van der Waals surface area contributed by atoms with Crippen LogP contribution in [0.1, 0.15) is 19.5 Å². The molecule has 1 aromatic rings. The summed E-state index contributed by atoms with van der Waals surface area (Å²) in [5.41, 5.74) is 0.986. The molecule has 0 aliphatic carbocycles. The molecule has 0 fully saturated rings. The molecular formula is C13H25N3O2S2. The first-order valence-corrected chi connectivity index (χ1v) is 9.52. The molecule has 1 N–H and O–H groups in total. The molecule has 1 atom stereocenters. The van der Waals surface area contributed by atoms with Gasteiger partial charge in [-0.25, -0.2) is 8.42 Å². The summed E-state index contributed by atoms with van der Waals surface area (Å²) < 4.78 is 28.7. The zero-order chi connectivity index (χ0) is 15.3. The fourth-order valence-corrected chi connectivity index (χ4v) is 4.27. The highest BCUT2D eigenvalue weighted by Crippen LogP contribution is 2.21. The van der Waals surface area contributed by atoms with Crippen LogP contribution in [0.2, 0.25) is 0 Å². The predicted octanol–water partition coefficient (Wildman–Crippen LogP) is 1.60. The summed E-state index contributed by atoms with van der Waals surface area (Å²) >= 11 is 1.65. The zero-order valence-corrected chi connectivity index (χ0v) is 14.5. The highest BCUT2D eigenvalue weighted by atomic mass is 32.2. The number of nitrogens with one attached hydrogen (secondary N) is 1. The number of rotatable bonds is 8. The van der Waals surface area contributed by atoms with Crippen LogP contribution in [0.3, 0.4) is 0 Å². The van der Waals surface area contributed by atoms with Gasteiger partial charge in [-0.1, -0.05) is 0 Å². The summed E-state index contributed by atoms with van der Waals surface area (Å²) in [7, 11) is 0.0860. The number of aryl methyl sites for hydroxylation is 1. The van der Waals surface area contributed by atoms with Gasteiger partial charge in [0.2, 0.25) is 10.0 Å². The third kappa shape index (κ3) is 3.78. The normalized spacial score (nSPS) is 13.9. The molecule has 1 heterocycles. The molecule has 1 unspecified atom stereocenters. The van der Waals surface area contributed by atoms with Crippen LogP contribution >= 0.6 is 11.8 Å². The van der Waals surface area contributed by atoms with Crippen molar-refractivity contribution in [1.29, 1.82) is 0 Å². The van der Waals surface area contributed by atoms with Crippen molar-refractivity contribution in [3.8, 4) is 0 Å². The first kappa shape index (κ1) is 17.6. The highest BCUT2D eigenvalue weighted by Gasteiger charge is 2.26. The summed E-state index contributed by atoms with van der Waals surface area (Å²) in [6.45, 7) is 5.36. The molecule has 0 bridgehead atoms. The molecule has 0 spiro atoms. The Morgan fingerprint density at radius 1 is 1.50 bits per heavy atom. The average Bonchev–Trinajstić information content (AvgIpc) is 2.82. The Kier molecular flexibility index (Phi) is 6.57. The van der Waals surface area contributed by atoms with E-state index in [2.05, 4.69) is 5.32 Å². The van der Waals surface area contributed by atoms with Crippen LogP contribution in [0, 0.1) is 0 Å². The Bertz CT molecular complexity index is 526. The summed E-state index contributed by atoms with van der Waals surface area (Å²) in [4.78, 5) is 0.375. The molecule has 0 aromatic carbocycles. The Labute approximate surface area is 126 Å². The van der Waals surface area contributed by atoms with Crippen molar-refractivity contribution in [1.82, 2.24) is 14.2 Å². The quantitative estimate of drug-likeness (QED) is 0.791. The van der Waals surface area contributed by atoms with Crippen molar-refractivity contribution < 1.29 is 8.42 Å². The van der Waals surface area contributed by atoms with Crippen LogP contribution < -0.4 is 5.32 Å². The second kappa shape index (κ2) is 7.49. The molecule has 0 aliphatic rings. The van der Waals surface area contributed by atoms with Crippen LogP contribution in [-0.2, 0) is 23.1 Å². The summed E-state index contributed by atoms with van der Waals surface area (Å²) in [5.74, 6) is 0.785. The lowest BCUT2D eigenvalue weighted by Crippen LogP contribution is -2.36. The van der Waals surface area contributed by atoms with Crippen molar-refractivity contribution in [3.05, 3.63) is 18.0 Å². The van der Waals surface area contributed by atoms with Crippen molar-refractivity contribution in [2.24, 2.45) is 0 Å². The molecular weight excluding hydrogens is 294 g/mol. The van der Waals surface area contributed by atoms with E-state index in [1.54, 1.807) is 31.1 Å². The van der Waals surface area contributed by atoms with Gasteiger partial charge in [0.05, 0.1) is 0 Å². The second-order valence-corrected chi connectivity index (χ2v) is 7.72. The number of hydrogen-bond acceptors (Lipinski definition) is 4. The van der Waals surface area contributed by atoms with Gasteiger partial charge < -0.3 is 9.88 Å². The van der Waals surface area contributed by atoms with Crippen molar-refractivity contribution in [3.63, 3.8) is 0 Å². The number of sulfonamides is 1. The Hall–Kier alpha value is -0.500. The third-order valence-corrected chi connectivity index (χ3v) is 6.12. The Balaban J connectivity index is 3.09. The summed E-state index contributed by atoms with van der Waals surface area (Å²) in [5, 5.41) is 3.06. The minimum absolute atomic E-state index is 0.0206. The molecule has 0 aliphatic heterocycles. The summed E-state index contributed by atoms with van der Waals surface area (Å²) in [6.07, 6.45) is 3.71. The van der Waals surface area contributed by atoms with Gasteiger partial charge in [-0.3, -0.25) is 0 Å². The van der Waals surface area contributed by atoms with Gasteiger partial charge in [0.1, 0.15) is 4.90 Å². The fourth-order valence-electron chi connectivity index (χ4n) is 2.04. The van der Waals surface area contributed by atoms with Gasteiger partial charge in [0.25, 0.3) is 0 Å². The maximum absolute atomic E-state index is 12.6. The third-order valence-electron chi connectivity index (χ3n) is 3.37. The molecule has 0 saturated carbocycles. The van der Waals surface area contributed by atoms with Gasteiger partial charge in [-0.05, 0) is 33.2 Å². The zero-order valence-electron chi connectivity index (χ0n) is 12.9. The lowest BCUT2D eigenvalue weighted by molar-refractivity contribution is 0.415. The number of aromatic nitrogens is 1. The Morgan fingerprint density at radius 3 is 2.65 bits per heavy atom. The van der Waals surface area contributed by atoms with E-state index < -0.39 is 10.0 Å². The maximum Gasteiger partial charge on any atom is 0.244 e. The molecule has 0 radical (unpaired) electrons. The lowest BCUT2D eigenvalue weighted by Gasteiger charge is -2.23. The molecule has 1 rings (SSSR count). The Morgan fingerprint density at radius 2 is 2.15 bits per heavy atom. The van der Waals surface area contributed by atoms with Crippen LogP contribution in [0.4, 0.5) is 0 Å². The first-order valence-electron chi connectivity index (χ1n) is 6.69. The fraction of sp³-hybridized carbons (Fsp3) is 0.692. The van der Waals surface area contributed by atoms with Gasteiger partial charge in [0.15, 0.2) is 0 Å². The first-order chi connectivity index (χ1) is 9.38. The van der Waals surface area contributed by atoms with Crippen molar-refractivity contribution in [2.45, 2.75) is 37.9 Å². The lowest BCUT2D eigenvalue weighted by atomic mass is 10.4. The molecule has 7 heteroatoms. The van der Waals surface area contributed by atoms with Crippen LogP contribution in [0.15, 0.2) is 17.2 Å². The number of hydrogen-bond donors (Lipinski definition) is 1. The smallest absolute Gasteiger partial charge is 0.244 e. The minimum Gasteiger partial charge on any atom is -0.349 e. The van der Waals surface area contributed by atoms with Crippen LogP contribution in [0.25, 0.3) is 0 Å². The van der Waals surface area contributed by atoms with E-state index in [1.807, 2.05) is 31.7 Å². The standard InChI is InChI=1S/C13H25N3O2S2/c1-6-16-9-13(7-12(16)8-14-3)20(17,18)15(4)11(2)10-19-5/h7,9,11,14H,6,8,10H2,1-5H3. The van der Waals surface area contributed by atoms with Crippen LogP contribution in [0.5, 0.6) is 0 Å². The van der Waals surface area contributed by atoms with E-state index in [0.29, 0.717) is 11.4 Å². The van der Waals surface area contributed by atoms with E-state index in [1.165, 1.54) is 4.31 Å². The van der Waals surface area contributed by atoms with E-state index in [4.69, 9.17) is 0 Å². The maximum atomic E-state index is 12.6. The minimum atomic E-state index is -3.42. The number of thioether (sulfide) groups is 1. The van der Waals surface area contributed by atoms with Gasteiger partial charge in [0, 0.05) is 43.8 Å². The molecule has 5 nitrogen and oxygen atoms in total. The van der Waals surface area contributed by atoms with Gasteiger partial charge >= 0.3 is 0 Å². The van der Waals surface area contributed by atoms with Gasteiger partial charge in [-0.2, -0.15) is 16.1 Å². The predicted molar refractivity (Wildman–Crippen MR) is 85.7 cm³/mol. The summed E-state index contributed by atoms with van der Waals surface area (Å²) in [6, 6.07) is 1.74. The van der Waals surface area contributed by atoms with E-state index in [-0.39, 0.29) is 6.04 Å². The molecule has 0 amide bonds. The van der Waals surface area contributed by atoms with Crippen molar-refractivity contribution in [2.75, 3.05) is 26.1 Å². The average molecular weight is 319 g/mol. The number of nitrogens with zero attached hydrogens (tertiary/aromatic N) is 2. The largest absolute Gasteiger partial charge is 0.349 e. The monoisotopic (exact) mass is 319 g/mol. The second-order valence-electron chi connectivity index (χ2n) is 4.81. The van der Waals surface area contributed by atoms with E-state index in [9.17, 15) is 8.42 Å². The molecule has 1 aromatic heterocycles. The van der Waals surface area contributed by atoms with Crippen LogP contribution in [-0.4, -0.2) is 49.4 Å². The SMILES string of the molecule is CCn1cc(S(=O)(=O)N(C)C(C)CSC)cc1CNC. The molecule has 116 valence electrons. The van der Waals surface area contributed by atoms with E-state index in [0.717, 1.165) is 18.0 Å². The van der Waals surface area contributed by atoms with Crippen molar-refractivity contribution >= 4 is 21.8 Å². The molecule has 20 heavy (non-hydrogen) atoms. The highest BCUT2D eigenvalue weighted by molar-refractivity contribution is 7.98. The topological polar surface area (TPSA) is 54.3 Å². The van der Waals surface area contributed by atoms with Gasteiger partial charge in [-0.15, -0.1) is 0 Å². The van der Waals surface area contributed by atoms with E-state index >= 15 is 0 Å². The molecule has 0 saturated heterocycles.